The van der Waals surface area contributed by atoms with Gasteiger partial charge in [-0.2, -0.15) is 0 Å². The molecule has 3 rings (SSSR count). The molecule has 0 unspecified atom stereocenters. The van der Waals surface area contributed by atoms with Crippen LogP contribution in [0.25, 0.3) is 11.2 Å². The van der Waals surface area contributed by atoms with Crippen LogP contribution in [-0.4, -0.2) is 15.0 Å². The molecule has 84 valence electrons. The molecule has 0 atom stereocenters. The number of hydrogen-bond donors (Lipinski definition) is 3. The minimum atomic E-state index is -0.246. The topological polar surface area (TPSA) is 73.6 Å². The van der Waals surface area contributed by atoms with Crippen molar-refractivity contribution in [2.45, 2.75) is 0 Å². The van der Waals surface area contributed by atoms with Gasteiger partial charge in [-0.1, -0.05) is 18.2 Å². The Morgan fingerprint density at radius 2 is 1.88 bits per heavy atom. The monoisotopic (exact) mass is 226 g/mol. The molecule has 0 aliphatic rings. The Hall–Kier alpha value is -2.56. The van der Waals surface area contributed by atoms with Crippen molar-refractivity contribution in [1.82, 2.24) is 15.0 Å². The molecule has 17 heavy (non-hydrogen) atoms. The lowest BCUT2D eigenvalue weighted by atomic mass is 10.3. The van der Waals surface area contributed by atoms with Gasteiger partial charge < -0.3 is 10.3 Å². The molecule has 5 nitrogen and oxygen atoms in total. The summed E-state index contributed by atoms with van der Waals surface area (Å²) >= 11 is 0. The summed E-state index contributed by atoms with van der Waals surface area (Å²) in [4.78, 5) is 20.5. The maximum Gasteiger partial charge on any atom is 0.325 e. The number of aromatic amines is 2. The molecule has 0 aliphatic heterocycles. The Balaban J connectivity index is 1.98. The molecule has 0 bridgehead atoms. The van der Waals surface area contributed by atoms with Crippen LogP contribution in [0.2, 0.25) is 0 Å². The van der Waals surface area contributed by atoms with Crippen molar-refractivity contribution in [1.29, 1.82) is 0 Å². The predicted octanol–water partition coefficient (Wildman–Crippen LogP) is 1.99. The summed E-state index contributed by atoms with van der Waals surface area (Å²) in [5, 5.41) is 3.21. The maximum atomic E-state index is 11.1. The number of fused-ring (bicyclic) bond motifs is 1. The maximum absolute atomic E-state index is 11.1. The van der Waals surface area contributed by atoms with E-state index in [-0.39, 0.29) is 5.69 Å². The van der Waals surface area contributed by atoms with Crippen LogP contribution in [0.3, 0.4) is 0 Å². The summed E-state index contributed by atoms with van der Waals surface area (Å²) in [7, 11) is 0. The van der Waals surface area contributed by atoms with Gasteiger partial charge in [0.05, 0.1) is 17.4 Å². The van der Waals surface area contributed by atoms with E-state index < -0.39 is 0 Å². The Morgan fingerprint density at radius 1 is 1.06 bits per heavy atom. The number of hydrogen-bond acceptors (Lipinski definition) is 3. The first-order valence-electron chi connectivity index (χ1n) is 5.21. The van der Waals surface area contributed by atoms with E-state index in [1.54, 1.807) is 6.20 Å². The average Bonchev–Trinajstić information content (AvgIpc) is 2.70. The SMILES string of the molecule is O=c1[nH]c2cc(Nc3ccccc3)cnc2[nH]1. The molecular weight excluding hydrogens is 216 g/mol. The molecule has 2 aromatic heterocycles. The third kappa shape index (κ3) is 1.90. The van der Waals surface area contributed by atoms with Gasteiger partial charge in [0.25, 0.3) is 0 Å². The molecule has 0 aliphatic carbocycles. The van der Waals surface area contributed by atoms with Crippen molar-refractivity contribution in [3.63, 3.8) is 0 Å². The Morgan fingerprint density at radius 3 is 2.71 bits per heavy atom. The van der Waals surface area contributed by atoms with Crippen LogP contribution in [0.1, 0.15) is 0 Å². The highest BCUT2D eigenvalue weighted by molar-refractivity contribution is 5.75. The highest BCUT2D eigenvalue weighted by Gasteiger charge is 2.01. The number of imidazole rings is 1. The van der Waals surface area contributed by atoms with E-state index in [4.69, 9.17) is 0 Å². The molecule has 3 N–H and O–H groups in total. The van der Waals surface area contributed by atoms with Crippen LogP contribution < -0.4 is 11.0 Å². The van der Waals surface area contributed by atoms with E-state index in [9.17, 15) is 4.79 Å². The van der Waals surface area contributed by atoms with Crippen molar-refractivity contribution in [3.8, 4) is 0 Å². The van der Waals surface area contributed by atoms with Crippen LogP contribution in [0.5, 0.6) is 0 Å². The van der Waals surface area contributed by atoms with Gasteiger partial charge in [-0.25, -0.2) is 9.78 Å². The van der Waals surface area contributed by atoms with Gasteiger partial charge in [0.1, 0.15) is 0 Å². The summed E-state index contributed by atoms with van der Waals surface area (Å²) in [6.45, 7) is 0. The third-order valence-electron chi connectivity index (χ3n) is 2.43. The largest absolute Gasteiger partial charge is 0.354 e. The zero-order chi connectivity index (χ0) is 11.7. The van der Waals surface area contributed by atoms with Crippen LogP contribution in [0.15, 0.2) is 47.4 Å². The van der Waals surface area contributed by atoms with Crippen molar-refractivity contribution in [3.05, 3.63) is 53.1 Å². The molecule has 2 heterocycles. The Bertz CT molecular complexity index is 699. The molecule has 5 heteroatoms. The fourth-order valence-corrected chi connectivity index (χ4v) is 1.68. The number of rotatable bonds is 2. The summed E-state index contributed by atoms with van der Waals surface area (Å²) in [5.41, 5.74) is 2.82. The first-order chi connectivity index (χ1) is 8.31. The van der Waals surface area contributed by atoms with Crippen molar-refractivity contribution in [2.75, 3.05) is 5.32 Å². The molecular formula is C12H10N4O. The summed E-state index contributed by atoms with van der Waals surface area (Å²) in [6.07, 6.45) is 1.68. The quantitative estimate of drug-likeness (QED) is 0.625. The number of para-hydroxylation sites is 1. The Kier molecular flexibility index (Phi) is 2.15. The van der Waals surface area contributed by atoms with Crippen molar-refractivity contribution < 1.29 is 0 Å². The van der Waals surface area contributed by atoms with Gasteiger partial charge in [0, 0.05) is 5.69 Å². The molecule has 0 saturated carbocycles. The van der Waals surface area contributed by atoms with Gasteiger partial charge in [0.15, 0.2) is 5.65 Å². The van der Waals surface area contributed by atoms with E-state index in [1.165, 1.54) is 0 Å². The Labute approximate surface area is 96.5 Å². The first kappa shape index (κ1) is 9.65. The van der Waals surface area contributed by atoms with Crippen LogP contribution >= 0.6 is 0 Å². The van der Waals surface area contributed by atoms with Crippen molar-refractivity contribution in [2.24, 2.45) is 0 Å². The van der Waals surface area contributed by atoms with E-state index in [0.717, 1.165) is 11.4 Å². The fraction of sp³-hybridized carbons (Fsp3) is 0. The number of benzene rings is 1. The second kappa shape index (κ2) is 3.79. The molecule has 0 radical (unpaired) electrons. The highest BCUT2D eigenvalue weighted by Crippen LogP contribution is 2.17. The zero-order valence-corrected chi connectivity index (χ0v) is 8.90. The lowest BCUT2D eigenvalue weighted by molar-refractivity contribution is 1.20. The van der Waals surface area contributed by atoms with Gasteiger partial charge in [-0.05, 0) is 18.2 Å². The molecule has 0 fully saturated rings. The van der Waals surface area contributed by atoms with E-state index in [0.29, 0.717) is 11.2 Å². The standard InChI is InChI=1S/C12H10N4O/c17-12-15-10-6-9(7-13-11(10)16-12)14-8-4-2-1-3-5-8/h1-7,14H,(H2,13,15,16,17). The minimum Gasteiger partial charge on any atom is -0.354 e. The number of anilines is 2. The lowest BCUT2D eigenvalue weighted by Crippen LogP contribution is -1.99. The third-order valence-corrected chi connectivity index (χ3v) is 2.43. The van der Waals surface area contributed by atoms with Crippen molar-refractivity contribution >= 4 is 22.5 Å². The normalized spacial score (nSPS) is 10.6. The summed E-state index contributed by atoms with van der Waals surface area (Å²) < 4.78 is 0. The average molecular weight is 226 g/mol. The van der Waals surface area contributed by atoms with Gasteiger partial charge in [0.2, 0.25) is 0 Å². The summed E-state index contributed by atoms with van der Waals surface area (Å²) in [5.74, 6) is 0. The molecule has 0 spiro atoms. The van der Waals surface area contributed by atoms with E-state index in [1.807, 2.05) is 36.4 Å². The highest BCUT2D eigenvalue weighted by atomic mass is 16.1. The second-order valence-electron chi connectivity index (χ2n) is 3.69. The minimum absolute atomic E-state index is 0.246. The van der Waals surface area contributed by atoms with Crippen LogP contribution in [0.4, 0.5) is 11.4 Å². The van der Waals surface area contributed by atoms with Crippen LogP contribution in [-0.2, 0) is 0 Å². The molecule has 3 aromatic rings. The first-order valence-corrected chi connectivity index (χ1v) is 5.21. The molecule has 1 aromatic carbocycles. The number of aromatic nitrogens is 3. The predicted molar refractivity (Wildman–Crippen MR) is 66.4 cm³/mol. The smallest absolute Gasteiger partial charge is 0.325 e. The fourth-order valence-electron chi connectivity index (χ4n) is 1.68. The van der Waals surface area contributed by atoms with Crippen LogP contribution in [0, 0.1) is 0 Å². The van der Waals surface area contributed by atoms with Gasteiger partial charge >= 0.3 is 5.69 Å². The van der Waals surface area contributed by atoms with E-state index >= 15 is 0 Å². The second-order valence-corrected chi connectivity index (χ2v) is 3.69. The van der Waals surface area contributed by atoms with E-state index in [2.05, 4.69) is 20.3 Å². The summed E-state index contributed by atoms with van der Waals surface area (Å²) in [6, 6.07) is 11.6. The number of nitrogens with zero attached hydrogens (tertiary/aromatic N) is 1. The lowest BCUT2D eigenvalue weighted by Gasteiger charge is -2.04. The molecule has 0 amide bonds. The number of pyridine rings is 1. The van der Waals surface area contributed by atoms with Gasteiger partial charge in [-0.15, -0.1) is 0 Å². The number of nitrogens with one attached hydrogen (secondary N) is 3. The zero-order valence-electron chi connectivity index (χ0n) is 8.90. The number of H-pyrrole nitrogens is 2. The van der Waals surface area contributed by atoms with Gasteiger partial charge in [-0.3, -0.25) is 4.98 Å². The molecule has 0 saturated heterocycles.